The summed E-state index contributed by atoms with van der Waals surface area (Å²) in [5.41, 5.74) is 0.592. The van der Waals surface area contributed by atoms with Gasteiger partial charge in [0.1, 0.15) is 0 Å². The van der Waals surface area contributed by atoms with Crippen LogP contribution in [0.1, 0.15) is 29.5 Å². The predicted octanol–water partition coefficient (Wildman–Crippen LogP) is 2.32. The summed E-state index contributed by atoms with van der Waals surface area (Å²) in [5.74, 6) is 0. The van der Waals surface area contributed by atoms with Crippen LogP contribution < -0.4 is 0 Å². The van der Waals surface area contributed by atoms with Gasteiger partial charge in [0.25, 0.3) is 0 Å². The molecule has 0 aromatic heterocycles. The molecule has 0 aliphatic rings. The molecule has 65 valence electrons. The number of allylic oxidation sites excluding steroid dienone is 1. The highest BCUT2D eigenvalue weighted by molar-refractivity contribution is 5.75. The number of hydrogen-bond donors (Lipinski definition) is 1. The number of rotatable bonds is 2. The van der Waals surface area contributed by atoms with Crippen LogP contribution in [0.5, 0.6) is 0 Å². The molecule has 0 rings (SSSR count). The molecule has 0 saturated carbocycles. The molecule has 11 heavy (non-hydrogen) atoms. The molecule has 3 nitrogen and oxygen atoms in total. The smallest absolute Gasteiger partial charge is 0.219 e. The second kappa shape index (κ2) is 22.9. The van der Waals surface area contributed by atoms with Crippen LogP contribution in [0.25, 0.3) is 0 Å². The summed E-state index contributed by atoms with van der Waals surface area (Å²) in [7, 11) is 1.25. The Hall–Kier alpha value is -0.765. The van der Waals surface area contributed by atoms with E-state index in [1.807, 2.05) is 13.8 Å². The van der Waals surface area contributed by atoms with E-state index in [-0.39, 0.29) is 8.41 Å². The van der Waals surface area contributed by atoms with Gasteiger partial charge in [-0.2, -0.15) is 0 Å². The molecule has 0 aliphatic heterocycles. The van der Waals surface area contributed by atoms with Crippen molar-refractivity contribution >= 4 is 14.8 Å². The second-order valence-corrected chi connectivity index (χ2v) is 1.08. The van der Waals surface area contributed by atoms with E-state index in [0.717, 1.165) is 6.40 Å². The van der Waals surface area contributed by atoms with Crippen LogP contribution >= 0.6 is 0 Å². The molecule has 0 fully saturated rings. The van der Waals surface area contributed by atoms with Crippen molar-refractivity contribution in [1.82, 2.24) is 0 Å². The molecule has 0 bridgehead atoms. The van der Waals surface area contributed by atoms with Crippen molar-refractivity contribution in [3.8, 4) is 0 Å². The Morgan fingerprint density at radius 2 is 2.09 bits per heavy atom. The van der Waals surface area contributed by atoms with E-state index in [0.29, 0.717) is 5.70 Å². The zero-order valence-corrected chi connectivity index (χ0v) is 7.66. The first-order chi connectivity index (χ1) is 5.27. The Balaban J connectivity index is -0.0000000560. The third-order valence-electron chi connectivity index (χ3n) is 0.320. The van der Waals surface area contributed by atoms with E-state index < -0.39 is 0 Å². The maximum atomic E-state index is 7.62. The summed E-state index contributed by atoms with van der Waals surface area (Å²) in [6, 6.07) is 0. The lowest BCUT2D eigenvalue weighted by atomic mass is 10.6. The first-order valence-corrected chi connectivity index (χ1v) is 2.75. The molecule has 4 heteroatoms. The van der Waals surface area contributed by atoms with Crippen LogP contribution in [0.3, 0.4) is 0 Å². The molecule has 0 atom stereocenters. The minimum atomic E-state index is 0. The number of aliphatic imine (C=N–C) groups is 1. The van der Waals surface area contributed by atoms with Crippen molar-refractivity contribution in [3.05, 3.63) is 12.3 Å². The van der Waals surface area contributed by atoms with Gasteiger partial charge < -0.3 is 4.89 Å². The predicted molar refractivity (Wildman–Crippen MR) is 50.9 cm³/mol. The minimum absolute atomic E-state index is 0. The third-order valence-corrected chi connectivity index (χ3v) is 0.320. The molecule has 1 N–H and O–H groups in total. The molecule has 3 radical (unpaired) electrons. The SMILES string of the molecule is C=C(C)N=COO.CC.[2H]C.[B]. The van der Waals surface area contributed by atoms with E-state index in [2.05, 4.69) is 16.5 Å². The van der Waals surface area contributed by atoms with Gasteiger partial charge in [0.05, 0.1) is 0 Å². The molecule has 0 saturated heterocycles. The van der Waals surface area contributed by atoms with E-state index in [4.69, 9.17) is 6.63 Å². The van der Waals surface area contributed by atoms with Gasteiger partial charge >= 0.3 is 0 Å². The zero-order chi connectivity index (χ0) is 9.70. The normalized spacial score (nSPS) is 7.18. The van der Waals surface area contributed by atoms with Crippen molar-refractivity contribution < 1.29 is 11.5 Å². The van der Waals surface area contributed by atoms with Crippen molar-refractivity contribution in [2.45, 2.75) is 28.2 Å². The molecular formula is C7H17BNO2. The van der Waals surface area contributed by atoms with Gasteiger partial charge in [-0.1, -0.05) is 27.8 Å². The highest BCUT2D eigenvalue weighted by Crippen LogP contribution is 1.83. The van der Waals surface area contributed by atoms with Gasteiger partial charge in [-0.05, 0) is 6.92 Å². The van der Waals surface area contributed by atoms with Gasteiger partial charge in [-0.15, -0.1) is 0 Å². The average molecular weight is 159 g/mol. The van der Waals surface area contributed by atoms with Crippen LogP contribution in [0.2, 0.25) is 0 Å². The molecule has 0 aliphatic carbocycles. The van der Waals surface area contributed by atoms with Crippen LogP contribution in [-0.4, -0.2) is 20.1 Å². The van der Waals surface area contributed by atoms with Crippen molar-refractivity contribution in [1.29, 1.82) is 0 Å². The Labute approximate surface area is 72.7 Å². The molecule has 0 amide bonds. The third kappa shape index (κ3) is 46.2. The largest absolute Gasteiger partial charge is 0.328 e. The fourth-order valence-corrected chi connectivity index (χ4v) is 0.114. The van der Waals surface area contributed by atoms with Crippen LogP contribution in [0.4, 0.5) is 0 Å². The van der Waals surface area contributed by atoms with E-state index in [1.165, 1.54) is 7.40 Å². The first-order valence-electron chi connectivity index (χ1n) is 3.75. The highest BCUT2D eigenvalue weighted by atomic mass is 17.1. The average Bonchev–Trinajstić information content (AvgIpc) is 2.08. The Morgan fingerprint density at radius 3 is 2.18 bits per heavy atom. The summed E-state index contributed by atoms with van der Waals surface area (Å²) < 4.78 is 5.75. The standard InChI is InChI=1S/C4H7NO2.C2H6.CH4.B/c1-4(2)5-3-7-6;1-2;;/h3,6H,1H2,2H3;1-2H3;1H4;/i;;1D;. The Kier molecular flexibility index (Phi) is 34.6. The zero-order valence-electron chi connectivity index (χ0n) is 8.66. The summed E-state index contributed by atoms with van der Waals surface area (Å²) in [6.07, 6.45) is 0.905. The van der Waals surface area contributed by atoms with Gasteiger partial charge in [0.15, 0.2) is 0 Å². The molecule has 0 aromatic carbocycles. The highest BCUT2D eigenvalue weighted by Gasteiger charge is 1.69. The lowest BCUT2D eigenvalue weighted by Crippen LogP contribution is -1.75. The molecule has 0 aromatic rings. The lowest BCUT2D eigenvalue weighted by Gasteiger charge is -1.81. The fraction of sp³-hybridized carbons (Fsp3) is 0.571. The maximum Gasteiger partial charge on any atom is 0.219 e. The monoisotopic (exact) mass is 159 g/mol. The van der Waals surface area contributed by atoms with Crippen molar-refractivity contribution in [2.24, 2.45) is 4.99 Å². The van der Waals surface area contributed by atoms with Gasteiger partial charge in [0, 0.05) is 15.5 Å². The van der Waals surface area contributed by atoms with E-state index >= 15 is 0 Å². The number of hydrogen-bond acceptors (Lipinski definition) is 3. The summed E-state index contributed by atoms with van der Waals surface area (Å²) >= 11 is 0. The van der Waals surface area contributed by atoms with E-state index in [1.54, 1.807) is 6.92 Å². The van der Waals surface area contributed by atoms with Crippen molar-refractivity contribution in [2.75, 3.05) is 0 Å². The summed E-state index contributed by atoms with van der Waals surface area (Å²) in [4.78, 5) is 6.95. The molecule has 0 spiro atoms. The summed E-state index contributed by atoms with van der Waals surface area (Å²) in [5, 5.41) is 7.62. The van der Waals surface area contributed by atoms with Gasteiger partial charge in [-0.3, -0.25) is 0 Å². The maximum absolute atomic E-state index is 7.62. The second-order valence-electron chi connectivity index (χ2n) is 1.08. The molecule has 0 unspecified atom stereocenters. The minimum Gasteiger partial charge on any atom is -0.328 e. The van der Waals surface area contributed by atoms with Gasteiger partial charge in [-0.25, -0.2) is 10.2 Å². The first kappa shape index (κ1) is 16.7. The van der Waals surface area contributed by atoms with Crippen LogP contribution in [0.15, 0.2) is 17.3 Å². The Bertz CT molecular complexity index is 99.4. The van der Waals surface area contributed by atoms with Crippen LogP contribution in [-0.2, 0) is 4.89 Å². The molecule has 0 heterocycles. The summed E-state index contributed by atoms with van der Waals surface area (Å²) in [6.45, 7) is 9.09. The van der Waals surface area contributed by atoms with Crippen molar-refractivity contribution in [3.63, 3.8) is 0 Å². The van der Waals surface area contributed by atoms with E-state index in [9.17, 15) is 0 Å². The fourth-order valence-electron chi connectivity index (χ4n) is 0.114. The molecular weight excluding hydrogens is 141 g/mol. The number of nitrogens with zero attached hydrogens (tertiary/aromatic N) is 1. The van der Waals surface area contributed by atoms with Gasteiger partial charge in [0.2, 0.25) is 6.40 Å². The Morgan fingerprint density at radius 1 is 1.73 bits per heavy atom. The topological polar surface area (TPSA) is 41.8 Å². The van der Waals surface area contributed by atoms with Crippen LogP contribution in [0, 0.1) is 0 Å². The quantitative estimate of drug-likeness (QED) is 0.221. The lowest BCUT2D eigenvalue weighted by molar-refractivity contribution is -0.147.